The van der Waals surface area contributed by atoms with Crippen LogP contribution in [0, 0.1) is 0 Å². The number of carbonyl (C=O) groups is 1. The van der Waals surface area contributed by atoms with Crippen LogP contribution in [0.15, 0.2) is 24.3 Å². The normalized spacial score (nSPS) is 10.1. The van der Waals surface area contributed by atoms with Crippen LogP contribution in [0.5, 0.6) is 0 Å². The molecule has 2 amide bonds. The van der Waals surface area contributed by atoms with Gasteiger partial charge in [-0.2, -0.15) is 0 Å². The van der Waals surface area contributed by atoms with Crippen LogP contribution in [-0.2, 0) is 0 Å². The monoisotopic (exact) mass is 254 g/mol. The molecule has 1 N–H and O–H groups in total. The Morgan fingerprint density at radius 3 is 2.47 bits per heavy atom. The molecule has 0 aliphatic rings. The van der Waals surface area contributed by atoms with Crippen LogP contribution >= 0.6 is 11.6 Å². The van der Waals surface area contributed by atoms with E-state index in [2.05, 4.69) is 12.2 Å². The van der Waals surface area contributed by atoms with Crippen LogP contribution in [0.3, 0.4) is 0 Å². The fraction of sp³-hybridized carbons (Fsp3) is 0.462. The first-order valence-corrected chi connectivity index (χ1v) is 6.36. The standard InChI is InChI=1S/C13H19ClN2O/c1-3-5-10-16(4-2)13(17)15-12-8-6-11(14)7-9-12/h6-9H,3-5,10H2,1-2H3,(H,15,17). The Hall–Kier alpha value is -1.22. The van der Waals surface area contributed by atoms with E-state index in [4.69, 9.17) is 11.6 Å². The molecule has 3 nitrogen and oxygen atoms in total. The Balaban J connectivity index is 2.54. The maximum absolute atomic E-state index is 11.9. The zero-order chi connectivity index (χ0) is 12.7. The van der Waals surface area contributed by atoms with Crippen LogP contribution in [0.4, 0.5) is 10.5 Å². The lowest BCUT2D eigenvalue weighted by Crippen LogP contribution is -2.35. The van der Waals surface area contributed by atoms with Gasteiger partial charge in [-0.1, -0.05) is 24.9 Å². The lowest BCUT2D eigenvalue weighted by atomic mass is 10.3. The van der Waals surface area contributed by atoms with E-state index < -0.39 is 0 Å². The third-order valence-electron chi connectivity index (χ3n) is 2.55. The molecule has 1 rings (SSSR count). The number of amides is 2. The molecule has 0 aromatic heterocycles. The molecule has 4 heteroatoms. The minimum Gasteiger partial charge on any atom is -0.325 e. The highest BCUT2D eigenvalue weighted by atomic mass is 35.5. The van der Waals surface area contributed by atoms with Crippen molar-refractivity contribution in [2.75, 3.05) is 18.4 Å². The van der Waals surface area contributed by atoms with Crippen LogP contribution in [0.25, 0.3) is 0 Å². The number of carbonyl (C=O) groups excluding carboxylic acids is 1. The molecule has 17 heavy (non-hydrogen) atoms. The molecule has 0 heterocycles. The molecule has 0 saturated carbocycles. The summed E-state index contributed by atoms with van der Waals surface area (Å²) in [5, 5.41) is 3.53. The number of rotatable bonds is 5. The van der Waals surface area contributed by atoms with Crippen molar-refractivity contribution in [2.45, 2.75) is 26.7 Å². The Morgan fingerprint density at radius 1 is 1.29 bits per heavy atom. The second kappa shape index (κ2) is 7.17. The average molecular weight is 255 g/mol. The molecular formula is C13H19ClN2O. The molecule has 94 valence electrons. The highest BCUT2D eigenvalue weighted by Crippen LogP contribution is 2.14. The van der Waals surface area contributed by atoms with Gasteiger partial charge in [-0.05, 0) is 37.6 Å². The molecule has 0 saturated heterocycles. The molecule has 0 bridgehead atoms. The predicted molar refractivity (Wildman–Crippen MR) is 72.6 cm³/mol. The number of hydrogen-bond donors (Lipinski definition) is 1. The molecular weight excluding hydrogens is 236 g/mol. The van der Waals surface area contributed by atoms with Gasteiger partial charge in [-0.25, -0.2) is 4.79 Å². The number of nitrogens with zero attached hydrogens (tertiary/aromatic N) is 1. The smallest absolute Gasteiger partial charge is 0.321 e. The van der Waals surface area contributed by atoms with Crippen LogP contribution in [0.1, 0.15) is 26.7 Å². The summed E-state index contributed by atoms with van der Waals surface area (Å²) in [4.78, 5) is 13.7. The largest absolute Gasteiger partial charge is 0.325 e. The topological polar surface area (TPSA) is 32.3 Å². The summed E-state index contributed by atoms with van der Waals surface area (Å²) in [5.74, 6) is 0. The number of anilines is 1. The zero-order valence-electron chi connectivity index (χ0n) is 10.4. The van der Waals surface area contributed by atoms with Gasteiger partial charge in [0.05, 0.1) is 0 Å². The van der Waals surface area contributed by atoms with E-state index in [1.807, 2.05) is 6.92 Å². The summed E-state index contributed by atoms with van der Waals surface area (Å²) in [5.41, 5.74) is 0.773. The van der Waals surface area contributed by atoms with Crippen molar-refractivity contribution in [3.05, 3.63) is 29.3 Å². The van der Waals surface area contributed by atoms with Gasteiger partial charge in [-0.3, -0.25) is 0 Å². The van der Waals surface area contributed by atoms with E-state index in [0.29, 0.717) is 5.02 Å². The molecule has 0 spiro atoms. The van der Waals surface area contributed by atoms with Crippen LogP contribution in [0.2, 0.25) is 5.02 Å². The zero-order valence-corrected chi connectivity index (χ0v) is 11.1. The Morgan fingerprint density at radius 2 is 1.94 bits per heavy atom. The SMILES string of the molecule is CCCCN(CC)C(=O)Nc1ccc(Cl)cc1. The number of halogens is 1. The Bertz CT molecular complexity index is 351. The summed E-state index contributed by atoms with van der Waals surface area (Å²) in [7, 11) is 0. The Labute approximate surface area is 108 Å². The molecule has 0 unspecified atom stereocenters. The quantitative estimate of drug-likeness (QED) is 0.847. The van der Waals surface area contributed by atoms with E-state index in [9.17, 15) is 4.79 Å². The molecule has 1 aromatic rings. The minimum atomic E-state index is -0.0525. The van der Waals surface area contributed by atoms with Crippen molar-refractivity contribution in [3.8, 4) is 0 Å². The minimum absolute atomic E-state index is 0.0525. The van der Waals surface area contributed by atoms with Crippen molar-refractivity contribution in [3.63, 3.8) is 0 Å². The van der Waals surface area contributed by atoms with Crippen molar-refractivity contribution in [1.29, 1.82) is 0 Å². The fourth-order valence-corrected chi connectivity index (χ4v) is 1.61. The predicted octanol–water partition coefficient (Wildman–Crippen LogP) is 3.99. The highest BCUT2D eigenvalue weighted by molar-refractivity contribution is 6.30. The Kier molecular flexibility index (Phi) is 5.84. The molecule has 1 aromatic carbocycles. The van der Waals surface area contributed by atoms with E-state index in [-0.39, 0.29) is 6.03 Å². The van der Waals surface area contributed by atoms with Gasteiger partial charge in [0.1, 0.15) is 0 Å². The first-order chi connectivity index (χ1) is 8.17. The van der Waals surface area contributed by atoms with E-state index in [1.54, 1.807) is 29.2 Å². The number of urea groups is 1. The van der Waals surface area contributed by atoms with Gasteiger partial charge in [0, 0.05) is 23.8 Å². The lowest BCUT2D eigenvalue weighted by Gasteiger charge is -2.21. The third kappa shape index (κ3) is 4.65. The van der Waals surface area contributed by atoms with Gasteiger partial charge in [0.25, 0.3) is 0 Å². The molecule has 0 aliphatic carbocycles. The number of unbranched alkanes of at least 4 members (excludes halogenated alkanes) is 1. The van der Waals surface area contributed by atoms with E-state index in [1.165, 1.54) is 0 Å². The summed E-state index contributed by atoms with van der Waals surface area (Å²) in [6.45, 7) is 5.62. The van der Waals surface area contributed by atoms with Gasteiger partial charge >= 0.3 is 6.03 Å². The summed E-state index contributed by atoms with van der Waals surface area (Å²) >= 11 is 5.78. The summed E-state index contributed by atoms with van der Waals surface area (Å²) in [6, 6.07) is 7.07. The van der Waals surface area contributed by atoms with Crippen LogP contribution in [-0.4, -0.2) is 24.0 Å². The average Bonchev–Trinajstić information content (AvgIpc) is 2.33. The van der Waals surface area contributed by atoms with Crippen molar-refractivity contribution >= 4 is 23.3 Å². The summed E-state index contributed by atoms with van der Waals surface area (Å²) in [6.07, 6.45) is 2.12. The molecule has 0 fully saturated rings. The van der Waals surface area contributed by atoms with E-state index >= 15 is 0 Å². The third-order valence-corrected chi connectivity index (χ3v) is 2.80. The second-order valence-electron chi connectivity index (χ2n) is 3.87. The van der Waals surface area contributed by atoms with Gasteiger partial charge in [-0.15, -0.1) is 0 Å². The lowest BCUT2D eigenvalue weighted by molar-refractivity contribution is 0.213. The summed E-state index contributed by atoms with van der Waals surface area (Å²) < 4.78 is 0. The maximum atomic E-state index is 11.9. The van der Waals surface area contributed by atoms with Gasteiger partial charge in [0.2, 0.25) is 0 Å². The fourth-order valence-electron chi connectivity index (χ4n) is 1.49. The maximum Gasteiger partial charge on any atom is 0.321 e. The van der Waals surface area contributed by atoms with Gasteiger partial charge < -0.3 is 10.2 Å². The first kappa shape index (κ1) is 13.8. The molecule has 0 atom stereocenters. The number of benzene rings is 1. The van der Waals surface area contributed by atoms with Gasteiger partial charge in [0.15, 0.2) is 0 Å². The van der Waals surface area contributed by atoms with Crippen molar-refractivity contribution in [1.82, 2.24) is 4.90 Å². The molecule has 0 radical (unpaired) electrons. The number of hydrogen-bond acceptors (Lipinski definition) is 1. The number of nitrogens with one attached hydrogen (secondary N) is 1. The highest BCUT2D eigenvalue weighted by Gasteiger charge is 2.10. The second-order valence-corrected chi connectivity index (χ2v) is 4.31. The van der Waals surface area contributed by atoms with E-state index in [0.717, 1.165) is 31.6 Å². The van der Waals surface area contributed by atoms with Crippen LogP contribution < -0.4 is 5.32 Å². The van der Waals surface area contributed by atoms with Crippen molar-refractivity contribution in [2.24, 2.45) is 0 Å². The molecule has 0 aliphatic heterocycles. The first-order valence-electron chi connectivity index (χ1n) is 5.98. The van der Waals surface area contributed by atoms with Crippen molar-refractivity contribution < 1.29 is 4.79 Å².